The van der Waals surface area contributed by atoms with Gasteiger partial charge in [0.25, 0.3) is 0 Å². The molecular formula is C18H22F3NO2. The van der Waals surface area contributed by atoms with E-state index in [1.165, 1.54) is 5.56 Å². The van der Waals surface area contributed by atoms with Gasteiger partial charge in [0.15, 0.2) is 5.83 Å². The minimum atomic E-state index is -2.36. The van der Waals surface area contributed by atoms with Gasteiger partial charge in [0.1, 0.15) is 0 Å². The lowest BCUT2D eigenvalue weighted by Crippen LogP contribution is -2.38. The van der Waals surface area contributed by atoms with Crippen molar-refractivity contribution >= 4 is 5.97 Å². The molecule has 0 aromatic heterocycles. The maximum Gasteiger partial charge on any atom is 0.320 e. The third-order valence-corrected chi connectivity index (χ3v) is 4.22. The number of ether oxygens (including phenoxy) is 1. The molecule has 0 radical (unpaired) electrons. The molecule has 0 amide bonds. The van der Waals surface area contributed by atoms with Crippen LogP contribution in [-0.2, 0) is 16.0 Å². The highest BCUT2D eigenvalue weighted by Gasteiger charge is 2.21. The minimum absolute atomic E-state index is 0.126. The molecule has 0 aliphatic carbocycles. The monoisotopic (exact) mass is 341 g/mol. The van der Waals surface area contributed by atoms with Crippen molar-refractivity contribution in [3.63, 3.8) is 0 Å². The Bertz CT molecular complexity index is 551. The van der Waals surface area contributed by atoms with Gasteiger partial charge in [0.2, 0.25) is 0 Å². The standard InChI is InChI=1S/C18H22F3NO2/c19-16(18(20)21)8-11-24-17(23)13-22-9-6-15(7-10-22)12-14-4-2-1-3-5-14/h1-5,15H,6-13H2. The third-order valence-electron chi connectivity index (χ3n) is 4.22. The molecule has 1 aliphatic rings. The van der Waals surface area contributed by atoms with Crippen LogP contribution in [0.5, 0.6) is 0 Å². The molecule has 0 atom stereocenters. The Hall–Kier alpha value is -1.82. The molecule has 0 unspecified atom stereocenters. The Kier molecular flexibility index (Phi) is 7.31. The summed E-state index contributed by atoms with van der Waals surface area (Å²) in [6, 6.07) is 10.3. The van der Waals surface area contributed by atoms with Crippen molar-refractivity contribution < 1.29 is 22.7 Å². The number of halogens is 3. The van der Waals surface area contributed by atoms with Gasteiger partial charge in [-0.1, -0.05) is 30.3 Å². The second-order valence-corrected chi connectivity index (χ2v) is 6.05. The maximum absolute atomic E-state index is 12.6. The van der Waals surface area contributed by atoms with Crippen LogP contribution in [0.2, 0.25) is 0 Å². The van der Waals surface area contributed by atoms with Crippen LogP contribution in [-0.4, -0.2) is 37.1 Å². The van der Waals surface area contributed by atoms with Crippen molar-refractivity contribution in [3.05, 3.63) is 47.8 Å². The normalized spacial score (nSPS) is 16.0. The average molecular weight is 341 g/mol. The van der Waals surface area contributed by atoms with Gasteiger partial charge in [-0.25, -0.2) is 4.39 Å². The zero-order valence-corrected chi connectivity index (χ0v) is 13.5. The number of esters is 1. The molecule has 0 spiro atoms. The maximum atomic E-state index is 12.6. The summed E-state index contributed by atoms with van der Waals surface area (Å²) in [5.41, 5.74) is 1.32. The third kappa shape index (κ3) is 6.35. The largest absolute Gasteiger partial charge is 0.464 e. The van der Waals surface area contributed by atoms with Crippen LogP contribution in [0, 0.1) is 5.92 Å². The van der Waals surface area contributed by atoms with Crippen LogP contribution < -0.4 is 0 Å². The Morgan fingerprint density at radius 2 is 1.79 bits per heavy atom. The van der Waals surface area contributed by atoms with E-state index in [2.05, 4.69) is 12.1 Å². The molecule has 1 saturated heterocycles. The van der Waals surface area contributed by atoms with Crippen molar-refractivity contribution in [2.75, 3.05) is 26.2 Å². The van der Waals surface area contributed by atoms with Crippen molar-refractivity contribution in [1.82, 2.24) is 4.90 Å². The van der Waals surface area contributed by atoms with Crippen molar-refractivity contribution in [2.45, 2.75) is 25.7 Å². The SMILES string of the molecule is O=C(CN1CCC(Cc2ccccc2)CC1)OCCC(F)=C(F)F. The lowest BCUT2D eigenvalue weighted by molar-refractivity contribution is -0.145. The van der Waals surface area contributed by atoms with Crippen LogP contribution in [0.15, 0.2) is 42.2 Å². The smallest absolute Gasteiger partial charge is 0.320 e. The van der Waals surface area contributed by atoms with Crippen molar-refractivity contribution in [1.29, 1.82) is 0 Å². The first kappa shape index (κ1) is 18.5. The Morgan fingerprint density at radius 1 is 1.12 bits per heavy atom. The van der Waals surface area contributed by atoms with Gasteiger partial charge >= 0.3 is 12.0 Å². The van der Waals surface area contributed by atoms with E-state index in [0.717, 1.165) is 32.4 Å². The van der Waals surface area contributed by atoms with E-state index < -0.39 is 24.3 Å². The Balaban J connectivity index is 1.64. The topological polar surface area (TPSA) is 29.5 Å². The molecule has 3 nitrogen and oxygen atoms in total. The van der Waals surface area contributed by atoms with Crippen LogP contribution in [0.3, 0.4) is 0 Å². The van der Waals surface area contributed by atoms with Gasteiger partial charge in [0.05, 0.1) is 13.2 Å². The zero-order valence-electron chi connectivity index (χ0n) is 13.5. The van der Waals surface area contributed by atoms with E-state index >= 15 is 0 Å². The number of carbonyl (C=O) groups excluding carboxylic acids is 1. The van der Waals surface area contributed by atoms with Gasteiger partial charge in [-0.15, -0.1) is 0 Å². The minimum Gasteiger partial charge on any atom is -0.464 e. The number of hydrogen-bond donors (Lipinski definition) is 0. The first-order valence-corrected chi connectivity index (χ1v) is 8.16. The summed E-state index contributed by atoms with van der Waals surface area (Å²) in [6.07, 6.45) is 0.123. The van der Waals surface area contributed by atoms with Gasteiger partial charge < -0.3 is 4.74 Å². The van der Waals surface area contributed by atoms with Crippen LogP contribution in [0.1, 0.15) is 24.8 Å². The molecule has 1 heterocycles. The zero-order chi connectivity index (χ0) is 17.4. The van der Waals surface area contributed by atoms with Crippen LogP contribution >= 0.6 is 0 Å². The molecule has 1 fully saturated rings. The first-order valence-electron chi connectivity index (χ1n) is 8.16. The molecule has 0 bridgehead atoms. The molecule has 6 heteroatoms. The fraction of sp³-hybridized carbons (Fsp3) is 0.500. The summed E-state index contributed by atoms with van der Waals surface area (Å²) in [7, 11) is 0. The van der Waals surface area contributed by atoms with Crippen LogP contribution in [0.4, 0.5) is 13.2 Å². The second-order valence-electron chi connectivity index (χ2n) is 6.05. The predicted octanol–water partition coefficient (Wildman–Crippen LogP) is 3.95. The van der Waals surface area contributed by atoms with E-state index in [1.54, 1.807) is 0 Å². The molecule has 0 saturated carbocycles. The molecule has 24 heavy (non-hydrogen) atoms. The van der Waals surface area contributed by atoms with E-state index in [1.807, 2.05) is 23.1 Å². The number of benzene rings is 1. The number of likely N-dealkylation sites (tertiary alicyclic amines) is 1. The van der Waals surface area contributed by atoms with Crippen molar-refractivity contribution in [2.24, 2.45) is 5.92 Å². The van der Waals surface area contributed by atoms with Gasteiger partial charge in [-0.2, -0.15) is 8.78 Å². The second kappa shape index (κ2) is 9.47. The highest BCUT2D eigenvalue weighted by atomic mass is 19.3. The molecule has 2 rings (SSSR count). The number of hydrogen-bond acceptors (Lipinski definition) is 3. The summed E-state index contributed by atoms with van der Waals surface area (Å²) < 4.78 is 41.1. The summed E-state index contributed by atoms with van der Waals surface area (Å²) in [5.74, 6) is -1.42. The van der Waals surface area contributed by atoms with Gasteiger partial charge in [-0.3, -0.25) is 9.69 Å². The summed E-state index contributed by atoms with van der Waals surface area (Å²) in [6.45, 7) is 1.38. The first-order chi connectivity index (χ1) is 11.5. The van der Waals surface area contributed by atoms with E-state index in [9.17, 15) is 18.0 Å². The van der Waals surface area contributed by atoms with Gasteiger partial charge in [-0.05, 0) is 43.8 Å². The summed E-state index contributed by atoms with van der Waals surface area (Å²) in [4.78, 5) is 13.6. The predicted molar refractivity (Wildman–Crippen MR) is 85.2 cm³/mol. The summed E-state index contributed by atoms with van der Waals surface area (Å²) >= 11 is 0. The average Bonchev–Trinajstić information content (AvgIpc) is 2.57. The fourth-order valence-corrected chi connectivity index (χ4v) is 2.87. The Labute approximate surface area is 140 Å². The molecule has 1 aromatic carbocycles. The molecule has 0 N–H and O–H groups in total. The highest BCUT2D eigenvalue weighted by Crippen LogP contribution is 2.21. The summed E-state index contributed by atoms with van der Waals surface area (Å²) in [5, 5.41) is 0. The number of rotatable bonds is 7. The van der Waals surface area contributed by atoms with E-state index in [4.69, 9.17) is 4.74 Å². The number of piperidine rings is 1. The Morgan fingerprint density at radius 3 is 2.42 bits per heavy atom. The highest BCUT2D eigenvalue weighted by molar-refractivity contribution is 5.71. The van der Waals surface area contributed by atoms with Crippen LogP contribution in [0.25, 0.3) is 0 Å². The molecule has 1 aromatic rings. The van der Waals surface area contributed by atoms with E-state index in [0.29, 0.717) is 5.92 Å². The van der Waals surface area contributed by atoms with E-state index in [-0.39, 0.29) is 13.2 Å². The quantitative estimate of drug-likeness (QED) is 0.703. The number of nitrogens with zero attached hydrogens (tertiary/aromatic N) is 1. The lowest BCUT2D eigenvalue weighted by atomic mass is 9.90. The number of carbonyl (C=O) groups is 1. The van der Waals surface area contributed by atoms with Crippen molar-refractivity contribution in [3.8, 4) is 0 Å². The fourth-order valence-electron chi connectivity index (χ4n) is 2.87. The van der Waals surface area contributed by atoms with Gasteiger partial charge in [0, 0.05) is 6.42 Å². The lowest BCUT2D eigenvalue weighted by Gasteiger charge is -2.31. The molecule has 1 aliphatic heterocycles. The molecule has 132 valence electrons. The molecular weight excluding hydrogens is 319 g/mol.